The molecule has 2 heterocycles. The molecule has 0 radical (unpaired) electrons. The van der Waals surface area contributed by atoms with Crippen LogP contribution in [-0.2, 0) is 11.3 Å². The molecule has 1 aromatic carbocycles. The Morgan fingerprint density at radius 1 is 1.19 bits per heavy atom. The third-order valence-corrected chi connectivity index (χ3v) is 7.56. The average Bonchev–Trinajstić information content (AvgIpc) is 3.44. The molecule has 1 amide bonds. The molecule has 2 aromatic rings. The van der Waals surface area contributed by atoms with Crippen LogP contribution >= 0.6 is 11.3 Å². The number of amides is 1. The summed E-state index contributed by atoms with van der Waals surface area (Å²) in [7, 11) is 1.80. The van der Waals surface area contributed by atoms with Crippen molar-refractivity contribution < 1.29 is 4.79 Å². The molecule has 1 saturated carbocycles. The number of thiazole rings is 1. The van der Waals surface area contributed by atoms with E-state index in [0.29, 0.717) is 12.5 Å². The number of hydrogen-bond donors (Lipinski definition) is 2. The van der Waals surface area contributed by atoms with Gasteiger partial charge in [-0.1, -0.05) is 49.6 Å². The number of carbonyl (C=O) groups excluding carboxylic acids is 1. The number of likely N-dealkylation sites (tertiary alicyclic amines) is 1. The maximum absolute atomic E-state index is 12.8. The molecular weight excluding hydrogens is 406 g/mol. The van der Waals surface area contributed by atoms with E-state index in [9.17, 15) is 4.79 Å². The minimum atomic E-state index is 0.248. The van der Waals surface area contributed by atoms with E-state index in [2.05, 4.69) is 39.6 Å². The van der Waals surface area contributed by atoms with Crippen LogP contribution < -0.4 is 10.6 Å². The van der Waals surface area contributed by atoms with Gasteiger partial charge in [-0.2, -0.15) is 0 Å². The van der Waals surface area contributed by atoms with Crippen molar-refractivity contribution in [2.24, 2.45) is 10.9 Å². The summed E-state index contributed by atoms with van der Waals surface area (Å²) >= 11 is 1.72. The van der Waals surface area contributed by atoms with Gasteiger partial charge in [0.15, 0.2) is 5.96 Å². The van der Waals surface area contributed by atoms with E-state index < -0.39 is 0 Å². The van der Waals surface area contributed by atoms with Gasteiger partial charge in [0.1, 0.15) is 5.01 Å². The average molecular weight is 440 g/mol. The molecule has 1 aliphatic heterocycles. The fourth-order valence-corrected chi connectivity index (χ4v) is 5.54. The van der Waals surface area contributed by atoms with Crippen LogP contribution in [-0.4, -0.2) is 47.9 Å². The van der Waals surface area contributed by atoms with E-state index >= 15 is 0 Å². The van der Waals surface area contributed by atoms with E-state index in [4.69, 9.17) is 4.98 Å². The van der Waals surface area contributed by atoms with Gasteiger partial charge < -0.3 is 15.5 Å². The number of nitrogens with zero attached hydrogens (tertiary/aromatic N) is 3. The Morgan fingerprint density at radius 3 is 2.71 bits per heavy atom. The molecule has 6 nitrogen and oxygen atoms in total. The second-order valence-electron chi connectivity index (χ2n) is 8.57. The van der Waals surface area contributed by atoms with Crippen molar-refractivity contribution in [1.82, 2.24) is 20.5 Å². The third kappa shape index (κ3) is 5.45. The van der Waals surface area contributed by atoms with Crippen molar-refractivity contribution in [2.75, 3.05) is 20.1 Å². The number of carbonyl (C=O) groups is 1. The summed E-state index contributed by atoms with van der Waals surface area (Å²) < 4.78 is 0. The lowest BCUT2D eigenvalue weighted by Gasteiger charge is -2.26. The predicted octanol–water partition coefficient (Wildman–Crippen LogP) is 3.96. The van der Waals surface area contributed by atoms with Crippen molar-refractivity contribution >= 4 is 23.2 Å². The van der Waals surface area contributed by atoms with Crippen molar-refractivity contribution in [3.8, 4) is 10.6 Å². The largest absolute Gasteiger partial charge is 0.352 e. The topological polar surface area (TPSA) is 69.6 Å². The molecular formula is C24H33N5OS. The summed E-state index contributed by atoms with van der Waals surface area (Å²) in [5.74, 6) is 1.39. The Hall–Kier alpha value is -2.41. The van der Waals surface area contributed by atoms with Gasteiger partial charge in [-0.05, 0) is 26.2 Å². The Kier molecular flexibility index (Phi) is 7.22. The number of aliphatic imine (C=N–C) groups is 1. The van der Waals surface area contributed by atoms with Crippen molar-refractivity contribution in [1.29, 1.82) is 0 Å². The molecule has 166 valence electrons. The lowest BCUT2D eigenvalue weighted by atomic mass is 9.88. The maximum atomic E-state index is 12.8. The maximum Gasteiger partial charge on any atom is 0.225 e. The standard InChI is InChI=1S/C24H33N5OS/c1-17-21(31-22(27-17)18-9-5-3-6-10-18)15-26-24(25-2)28-20-13-14-29(16-20)23(30)19-11-7-4-8-12-19/h3,5-6,9-10,19-20H,4,7-8,11-16H2,1-2H3,(H2,25,26,28). The molecule has 2 fully saturated rings. The lowest BCUT2D eigenvalue weighted by molar-refractivity contribution is -0.135. The number of aromatic nitrogens is 1. The molecule has 2 aliphatic rings. The summed E-state index contributed by atoms with van der Waals surface area (Å²) in [5.41, 5.74) is 2.20. The number of guanidine groups is 1. The first-order chi connectivity index (χ1) is 15.1. The zero-order valence-electron chi connectivity index (χ0n) is 18.6. The van der Waals surface area contributed by atoms with Gasteiger partial charge in [0.2, 0.25) is 5.91 Å². The highest BCUT2D eigenvalue weighted by molar-refractivity contribution is 7.15. The SMILES string of the molecule is CN=C(NCc1sc(-c2ccccc2)nc1C)NC1CCN(C(=O)C2CCCCC2)C1. The quantitative estimate of drug-likeness (QED) is 0.546. The fraction of sp³-hybridized carbons (Fsp3) is 0.542. The molecule has 1 aromatic heterocycles. The Balaban J connectivity index is 1.29. The minimum Gasteiger partial charge on any atom is -0.352 e. The molecule has 1 atom stereocenters. The third-order valence-electron chi connectivity index (χ3n) is 6.35. The van der Waals surface area contributed by atoms with Crippen molar-refractivity contribution in [3.05, 3.63) is 40.9 Å². The molecule has 31 heavy (non-hydrogen) atoms. The van der Waals surface area contributed by atoms with Gasteiger partial charge in [-0.3, -0.25) is 9.79 Å². The molecule has 4 rings (SSSR count). The molecule has 7 heteroatoms. The van der Waals surface area contributed by atoms with Gasteiger partial charge in [-0.15, -0.1) is 11.3 Å². The summed E-state index contributed by atoms with van der Waals surface area (Å²) in [5, 5.41) is 7.99. The number of rotatable bonds is 5. The van der Waals surface area contributed by atoms with Gasteiger partial charge >= 0.3 is 0 Å². The highest BCUT2D eigenvalue weighted by Crippen LogP contribution is 2.28. The molecule has 1 unspecified atom stereocenters. The Bertz CT molecular complexity index is 904. The lowest BCUT2D eigenvalue weighted by Crippen LogP contribution is -2.45. The number of nitrogens with one attached hydrogen (secondary N) is 2. The first-order valence-corrected chi connectivity index (χ1v) is 12.2. The van der Waals surface area contributed by atoms with E-state index in [0.717, 1.165) is 54.6 Å². The molecule has 2 N–H and O–H groups in total. The van der Waals surface area contributed by atoms with Gasteiger partial charge in [0.05, 0.1) is 12.2 Å². The smallest absolute Gasteiger partial charge is 0.225 e. The first-order valence-electron chi connectivity index (χ1n) is 11.4. The number of hydrogen-bond acceptors (Lipinski definition) is 4. The van der Waals surface area contributed by atoms with Crippen molar-refractivity contribution in [2.45, 2.75) is 58.0 Å². The number of benzene rings is 1. The van der Waals surface area contributed by atoms with Crippen LogP contribution in [0.15, 0.2) is 35.3 Å². The van der Waals surface area contributed by atoms with Crippen LogP contribution in [0.3, 0.4) is 0 Å². The van der Waals surface area contributed by atoms with Gasteiger partial charge in [0, 0.05) is 42.5 Å². The van der Waals surface area contributed by atoms with Gasteiger partial charge in [0.25, 0.3) is 0 Å². The highest BCUT2D eigenvalue weighted by Gasteiger charge is 2.31. The fourth-order valence-electron chi connectivity index (χ4n) is 4.53. The van der Waals surface area contributed by atoms with Crippen LogP contribution in [0, 0.1) is 12.8 Å². The number of aryl methyl sites for hydroxylation is 1. The monoisotopic (exact) mass is 439 g/mol. The zero-order chi connectivity index (χ0) is 21.6. The highest BCUT2D eigenvalue weighted by atomic mass is 32.1. The summed E-state index contributed by atoms with van der Waals surface area (Å²) in [6.45, 7) is 4.36. The minimum absolute atomic E-state index is 0.248. The molecule has 0 spiro atoms. The van der Waals surface area contributed by atoms with Crippen LogP contribution in [0.2, 0.25) is 0 Å². The molecule has 1 aliphatic carbocycles. The summed E-state index contributed by atoms with van der Waals surface area (Å²) in [4.78, 5) is 25.2. The van der Waals surface area contributed by atoms with Crippen LogP contribution in [0.4, 0.5) is 0 Å². The summed E-state index contributed by atoms with van der Waals surface area (Å²) in [6.07, 6.45) is 6.78. The predicted molar refractivity (Wildman–Crippen MR) is 127 cm³/mol. The first kappa shape index (κ1) is 21.8. The Labute approximate surface area is 189 Å². The van der Waals surface area contributed by atoms with Crippen LogP contribution in [0.25, 0.3) is 10.6 Å². The second kappa shape index (κ2) is 10.3. The van der Waals surface area contributed by atoms with Gasteiger partial charge in [-0.25, -0.2) is 4.98 Å². The molecule has 0 bridgehead atoms. The van der Waals surface area contributed by atoms with Crippen LogP contribution in [0.1, 0.15) is 49.1 Å². The summed E-state index contributed by atoms with van der Waals surface area (Å²) in [6, 6.07) is 10.5. The van der Waals surface area contributed by atoms with E-state index in [-0.39, 0.29) is 12.0 Å². The second-order valence-corrected chi connectivity index (χ2v) is 9.65. The molecule has 1 saturated heterocycles. The van der Waals surface area contributed by atoms with E-state index in [1.54, 1.807) is 18.4 Å². The van der Waals surface area contributed by atoms with E-state index in [1.807, 2.05) is 18.2 Å². The van der Waals surface area contributed by atoms with E-state index in [1.165, 1.54) is 24.1 Å². The Morgan fingerprint density at radius 2 is 1.97 bits per heavy atom. The van der Waals surface area contributed by atoms with Crippen molar-refractivity contribution in [3.63, 3.8) is 0 Å². The normalized spacial score (nSPS) is 20.1. The van der Waals surface area contributed by atoms with Crippen LogP contribution in [0.5, 0.6) is 0 Å². The zero-order valence-corrected chi connectivity index (χ0v) is 19.4.